The molecule has 0 amide bonds. The lowest BCUT2D eigenvalue weighted by Crippen LogP contribution is -1.94. The van der Waals surface area contributed by atoms with Crippen molar-refractivity contribution in [1.29, 1.82) is 0 Å². The predicted molar refractivity (Wildman–Crippen MR) is 68.4 cm³/mol. The van der Waals surface area contributed by atoms with E-state index in [9.17, 15) is 0 Å². The van der Waals surface area contributed by atoms with Crippen molar-refractivity contribution in [2.45, 2.75) is 0 Å². The minimum atomic E-state index is 0.439. The molecule has 0 fully saturated rings. The monoisotopic (exact) mass is 240 g/mol. The van der Waals surface area contributed by atoms with Crippen molar-refractivity contribution in [3.05, 3.63) is 36.4 Å². The summed E-state index contributed by atoms with van der Waals surface area (Å²) >= 11 is 0. The number of hydrogen-bond acceptors (Lipinski definition) is 4. The maximum Gasteiger partial charge on any atom is 0.181 e. The molecule has 0 radical (unpaired) electrons. The highest BCUT2D eigenvalue weighted by molar-refractivity contribution is 5.60. The number of nitrogens with two attached hydrogens (primary N) is 1. The number of aromatic amines is 1. The van der Waals surface area contributed by atoms with E-state index in [1.165, 1.54) is 0 Å². The number of rotatable bonds is 2. The lowest BCUT2D eigenvalue weighted by atomic mass is 10.2. The SMILES string of the molecule is Cn1nc(-c2ccccc2)nc1-c1cc(N)n[nH]1. The summed E-state index contributed by atoms with van der Waals surface area (Å²) in [5.74, 6) is 1.83. The molecule has 0 unspecified atom stereocenters. The van der Waals surface area contributed by atoms with Crippen LogP contribution in [0.1, 0.15) is 0 Å². The Labute approximate surface area is 103 Å². The summed E-state index contributed by atoms with van der Waals surface area (Å²) in [6.07, 6.45) is 0. The maximum absolute atomic E-state index is 5.58. The van der Waals surface area contributed by atoms with Crippen LogP contribution in [0, 0.1) is 0 Å². The van der Waals surface area contributed by atoms with E-state index in [-0.39, 0.29) is 0 Å². The van der Waals surface area contributed by atoms with Crippen LogP contribution in [0.25, 0.3) is 22.9 Å². The molecule has 0 aliphatic heterocycles. The second kappa shape index (κ2) is 3.99. The van der Waals surface area contributed by atoms with Gasteiger partial charge >= 0.3 is 0 Å². The smallest absolute Gasteiger partial charge is 0.181 e. The quantitative estimate of drug-likeness (QED) is 0.710. The number of aromatic nitrogens is 5. The van der Waals surface area contributed by atoms with Gasteiger partial charge in [0.15, 0.2) is 11.6 Å². The van der Waals surface area contributed by atoms with E-state index in [1.807, 2.05) is 37.4 Å². The van der Waals surface area contributed by atoms with Crippen LogP contribution in [-0.2, 0) is 7.05 Å². The summed E-state index contributed by atoms with van der Waals surface area (Å²) in [6.45, 7) is 0. The van der Waals surface area contributed by atoms with Crippen molar-refractivity contribution in [2.75, 3.05) is 5.73 Å². The van der Waals surface area contributed by atoms with Gasteiger partial charge in [-0.1, -0.05) is 30.3 Å². The molecule has 0 saturated carbocycles. The first-order valence-corrected chi connectivity index (χ1v) is 5.52. The Morgan fingerprint density at radius 2 is 2.00 bits per heavy atom. The Balaban J connectivity index is 2.06. The minimum Gasteiger partial charge on any atom is -0.382 e. The van der Waals surface area contributed by atoms with E-state index in [1.54, 1.807) is 10.7 Å². The highest BCUT2D eigenvalue weighted by atomic mass is 15.3. The van der Waals surface area contributed by atoms with E-state index in [2.05, 4.69) is 20.3 Å². The second-order valence-corrected chi connectivity index (χ2v) is 3.96. The van der Waals surface area contributed by atoms with Crippen molar-refractivity contribution in [3.63, 3.8) is 0 Å². The molecule has 2 heterocycles. The lowest BCUT2D eigenvalue weighted by Gasteiger charge is -1.92. The molecule has 18 heavy (non-hydrogen) atoms. The lowest BCUT2D eigenvalue weighted by molar-refractivity contribution is 0.774. The zero-order valence-corrected chi connectivity index (χ0v) is 9.83. The summed E-state index contributed by atoms with van der Waals surface area (Å²) in [6, 6.07) is 11.6. The van der Waals surface area contributed by atoms with Gasteiger partial charge < -0.3 is 5.73 Å². The first-order chi connectivity index (χ1) is 8.74. The third-order valence-electron chi connectivity index (χ3n) is 2.63. The van der Waals surface area contributed by atoms with Crippen molar-refractivity contribution in [1.82, 2.24) is 25.0 Å². The maximum atomic E-state index is 5.58. The standard InChI is InChI=1S/C12H12N6/c1-18-12(9-7-10(13)16-15-9)14-11(17-18)8-5-3-2-4-6-8/h2-7H,1H3,(H3,13,15,16). The van der Waals surface area contributed by atoms with E-state index < -0.39 is 0 Å². The molecule has 0 aliphatic rings. The van der Waals surface area contributed by atoms with Gasteiger partial charge in [-0.15, -0.1) is 0 Å². The molecular weight excluding hydrogens is 228 g/mol. The van der Waals surface area contributed by atoms with Crippen LogP contribution in [0.3, 0.4) is 0 Å². The van der Waals surface area contributed by atoms with Gasteiger partial charge in [0.1, 0.15) is 11.5 Å². The van der Waals surface area contributed by atoms with E-state index in [4.69, 9.17) is 5.73 Å². The van der Waals surface area contributed by atoms with Gasteiger partial charge in [0.05, 0.1) is 0 Å². The largest absolute Gasteiger partial charge is 0.382 e. The summed E-state index contributed by atoms with van der Waals surface area (Å²) in [4.78, 5) is 4.49. The first-order valence-electron chi connectivity index (χ1n) is 5.52. The summed E-state index contributed by atoms with van der Waals surface area (Å²) in [7, 11) is 1.84. The van der Waals surface area contributed by atoms with Crippen LogP contribution < -0.4 is 5.73 Å². The molecule has 2 aromatic heterocycles. The van der Waals surface area contributed by atoms with Crippen LogP contribution in [0.4, 0.5) is 5.82 Å². The molecule has 0 spiro atoms. The van der Waals surface area contributed by atoms with E-state index >= 15 is 0 Å². The molecule has 0 atom stereocenters. The minimum absolute atomic E-state index is 0.439. The fourth-order valence-corrected chi connectivity index (χ4v) is 1.78. The normalized spacial score (nSPS) is 10.7. The average molecular weight is 240 g/mol. The molecule has 90 valence electrons. The number of nitrogen functional groups attached to an aromatic ring is 1. The fraction of sp³-hybridized carbons (Fsp3) is 0.0833. The van der Waals surface area contributed by atoms with Crippen LogP contribution in [0.2, 0.25) is 0 Å². The van der Waals surface area contributed by atoms with E-state index in [0.29, 0.717) is 17.5 Å². The van der Waals surface area contributed by atoms with Gasteiger partial charge in [0, 0.05) is 18.7 Å². The molecule has 0 saturated heterocycles. The van der Waals surface area contributed by atoms with Crippen LogP contribution >= 0.6 is 0 Å². The molecule has 0 bridgehead atoms. The number of nitrogens with one attached hydrogen (secondary N) is 1. The number of hydrogen-bond donors (Lipinski definition) is 2. The third kappa shape index (κ3) is 1.73. The molecule has 6 heteroatoms. The number of aryl methyl sites for hydroxylation is 1. The van der Waals surface area contributed by atoms with Gasteiger partial charge in [0.2, 0.25) is 0 Å². The van der Waals surface area contributed by atoms with Crippen LogP contribution in [0.15, 0.2) is 36.4 Å². The number of nitrogens with zero attached hydrogens (tertiary/aromatic N) is 4. The number of benzene rings is 1. The summed E-state index contributed by atoms with van der Waals surface area (Å²) in [5.41, 5.74) is 7.32. The molecule has 3 rings (SSSR count). The second-order valence-electron chi connectivity index (χ2n) is 3.96. The van der Waals surface area contributed by atoms with Crippen molar-refractivity contribution in [2.24, 2.45) is 7.05 Å². The molecule has 3 aromatic rings. The molecular formula is C12H12N6. The number of anilines is 1. The van der Waals surface area contributed by atoms with Crippen molar-refractivity contribution >= 4 is 5.82 Å². The highest BCUT2D eigenvalue weighted by Gasteiger charge is 2.12. The predicted octanol–water partition coefficient (Wildman–Crippen LogP) is 1.45. The van der Waals surface area contributed by atoms with Crippen LogP contribution in [0.5, 0.6) is 0 Å². The summed E-state index contributed by atoms with van der Waals surface area (Å²) < 4.78 is 1.70. The molecule has 1 aromatic carbocycles. The Morgan fingerprint density at radius 3 is 2.67 bits per heavy atom. The average Bonchev–Trinajstić information content (AvgIpc) is 2.97. The zero-order valence-electron chi connectivity index (χ0n) is 9.83. The third-order valence-corrected chi connectivity index (χ3v) is 2.63. The molecule has 0 aliphatic carbocycles. The number of H-pyrrole nitrogens is 1. The topological polar surface area (TPSA) is 85.4 Å². The van der Waals surface area contributed by atoms with E-state index in [0.717, 1.165) is 11.3 Å². The molecule has 3 N–H and O–H groups in total. The Morgan fingerprint density at radius 1 is 1.22 bits per heavy atom. The van der Waals surface area contributed by atoms with Crippen molar-refractivity contribution in [3.8, 4) is 22.9 Å². The fourth-order valence-electron chi connectivity index (χ4n) is 1.78. The van der Waals surface area contributed by atoms with Gasteiger partial charge in [-0.25, -0.2) is 9.67 Å². The van der Waals surface area contributed by atoms with Gasteiger partial charge in [-0.2, -0.15) is 10.2 Å². The Bertz CT molecular complexity index is 667. The Hall–Kier alpha value is -2.63. The van der Waals surface area contributed by atoms with Gasteiger partial charge in [-0.3, -0.25) is 5.10 Å². The first kappa shape index (κ1) is 10.5. The Kier molecular flexibility index (Phi) is 2.33. The summed E-state index contributed by atoms with van der Waals surface area (Å²) in [5, 5.41) is 11.1. The zero-order chi connectivity index (χ0) is 12.5. The van der Waals surface area contributed by atoms with Gasteiger partial charge in [-0.05, 0) is 0 Å². The molecule has 6 nitrogen and oxygen atoms in total. The van der Waals surface area contributed by atoms with Crippen LogP contribution in [-0.4, -0.2) is 25.0 Å². The highest BCUT2D eigenvalue weighted by Crippen LogP contribution is 2.20. The van der Waals surface area contributed by atoms with Gasteiger partial charge in [0.25, 0.3) is 0 Å². The van der Waals surface area contributed by atoms with Crippen molar-refractivity contribution < 1.29 is 0 Å².